The largest absolute Gasteiger partial charge is 0.480 e. The van der Waals surface area contributed by atoms with Crippen molar-refractivity contribution >= 4 is 12.1 Å². The number of carbonyl (C=O) groups excluding carboxylic acids is 1. The van der Waals surface area contributed by atoms with Crippen molar-refractivity contribution in [2.75, 3.05) is 6.54 Å². The fraction of sp³-hybridized carbons (Fsp3) is 0.714. The molecule has 0 radical (unpaired) electrons. The van der Waals surface area contributed by atoms with Gasteiger partial charge < -0.3 is 15.2 Å². The Kier molecular flexibility index (Phi) is 2.21. The molecule has 1 rings (SSSR count). The highest BCUT2D eigenvalue weighted by atomic mass is 16.6. The molecule has 0 bridgehead atoms. The predicted molar refractivity (Wildman–Crippen MR) is 39.8 cm³/mol. The molecule has 5 nitrogen and oxygen atoms in total. The van der Waals surface area contributed by atoms with Gasteiger partial charge in [-0.1, -0.05) is 0 Å². The van der Waals surface area contributed by atoms with Crippen LogP contribution in [0.5, 0.6) is 0 Å². The molecule has 0 unspecified atom stereocenters. The summed E-state index contributed by atoms with van der Waals surface area (Å²) in [6.45, 7) is 1.42. The van der Waals surface area contributed by atoms with E-state index in [1.54, 1.807) is 0 Å². The summed E-state index contributed by atoms with van der Waals surface area (Å²) in [5.74, 6) is -1.08. The van der Waals surface area contributed by atoms with Gasteiger partial charge in [-0.05, 0) is 19.8 Å². The third kappa shape index (κ3) is 2.77. The van der Waals surface area contributed by atoms with Crippen LogP contribution in [-0.4, -0.2) is 29.3 Å². The lowest BCUT2D eigenvalue weighted by Crippen LogP contribution is -2.32. The van der Waals surface area contributed by atoms with Crippen LogP contribution in [0.1, 0.15) is 19.8 Å². The molecule has 1 aliphatic rings. The van der Waals surface area contributed by atoms with Gasteiger partial charge in [0.1, 0.15) is 12.1 Å². The molecule has 12 heavy (non-hydrogen) atoms. The fourth-order valence-electron chi connectivity index (χ4n) is 0.686. The fourth-order valence-corrected chi connectivity index (χ4v) is 0.686. The van der Waals surface area contributed by atoms with Crippen molar-refractivity contribution in [1.29, 1.82) is 0 Å². The van der Waals surface area contributed by atoms with Crippen LogP contribution in [0.3, 0.4) is 0 Å². The van der Waals surface area contributed by atoms with Gasteiger partial charge in [0.05, 0.1) is 0 Å². The van der Waals surface area contributed by atoms with Gasteiger partial charge in [0.2, 0.25) is 0 Å². The molecule has 0 aliphatic heterocycles. The van der Waals surface area contributed by atoms with Crippen molar-refractivity contribution in [3.05, 3.63) is 0 Å². The highest BCUT2D eigenvalue weighted by Crippen LogP contribution is 2.38. The van der Waals surface area contributed by atoms with E-state index in [0.29, 0.717) is 0 Å². The third-order valence-electron chi connectivity index (χ3n) is 1.68. The quantitative estimate of drug-likeness (QED) is 0.645. The van der Waals surface area contributed by atoms with Crippen LogP contribution < -0.4 is 5.32 Å². The monoisotopic (exact) mass is 173 g/mol. The molecule has 0 aromatic carbocycles. The van der Waals surface area contributed by atoms with Gasteiger partial charge in [0, 0.05) is 0 Å². The first kappa shape index (κ1) is 8.83. The second kappa shape index (κ2) is 3.00. The smallest absolute Gasteiger partial charge is 0.408 e. The lowest BCUT2D eigenvalue weighted by Gasteiger charge is -2.10. The van der Waals surface area contributed by atoms with E-state index in [0.717, 1.165) is 12.8 Å². The lowest BCUT2D eigenvalue weighted by atomic mass is 10.4. The number of ether oxygens (including phenoxy) is 1. The molecule has 1 saturated carbocycles. The number of nitrogens with one attached hydrogen (secondary N) is 1. The van der Waals surface area contributed by atoms with Gasteiger partial charge in [-0.25, -0.2) is 4.79 Å². The minimum absolute atomic E-state index is 0.345. The molecule has 1 fully saturated rings. The number of carboxylic acid groups (broad SMARTS) is 1. The molecule has 1 amide bonds. The number of hydrogen-bond acceptors (Lipinski definition) is 3. The number of amides is 1. The summed E-state index contributed by atoms with van der Waals surface area (Å²) in [6, 6.07) is 0. The maximum Gasteiger partial charge on any atom is 0.408 e. The Hall–Kier alpha value is -1.26. The van der Waals surface area contributed by atoms with Crippen LogP contribution in [-0.2, 0) is 9.53 Å². The van der Waals surface area contributed by atoms with E-state index in [1.807, 2.05) is 6.92 Å². The molecule has 0 atom stereocenters. The van der Waals surface area contributed by atoms with E-state index in [9.17, 15) is 9.59 Å². The Bertz CT molecular complexity index is 209. The van der Waals surface area contributed by atoms with Crippen LogP contribution in [0.25, 0.3) is 0 Å². The van der Waals surface area contributed by atoms with E-state index < -0.39 is 18.6 Å². The van der Waals surface area contributed by atoms with E-state index in [4.69, 9.17) is 9.84 Å². The molecule has 2 N–H and O–H groups in total. The molecule has 0 heterocycles. The SMILES string of the molecule is CC1(OC(=O)NCC(=O)O)CC1. The van der Waals surface area contributed by atoms with Crippen molar-refractivity contribution in [1.82, 2.24) is 5.32 Å². The Labute approximate surface area is 69.7 Å². The number of carboxylic acids is 1. The van der Waals surface area contributed by atoms with Crippen molar-refractivity contribution in [3.8, 4) is 0 Å². The molecule has 0 saturated heterocycles. The number of aliphatic carboxylic acids is 1. The summed E-state index contributed by atoms with van der Waals surface area (Å²) in [7, 11) is 0. The normalized spacial score (nSPS) is 18.1. The zero-order valence-corrected chi connectivity index (χ0v) is 6.79. The first-order valence-electron chi connectivity index (χ1n) is 3.70. The molecule has 1 aliphatic carbocycles. The number of rotatable bonds is 3. The number of carbonyl (C=O) groups is 2. The number of alkyl carbamates (subject to hydrolysis) is 1. The molecule has 68 valence electrons. The van der Waals surface area contributed by atoms with Crippen molar-refractivity contribution in [2.24, 2.45) is 0 Å². The third-order valence-corrected chi connectivity index (χ3v) is 1.68. The second-order valence-corrected chi connectivity index (χ2v) is 3.09. The van der Waals surface area contributed by atoms with Gasteiger partial charge in [-0.15, -0.1) is 0 Å². The van der Waals surface area contributed by atoms with Crippen LogP contribution in [0.4, 0.5) is 4.79 Å². The van der Waals surface area contributed by atoms with Gasteiger partial charge in [0.25, 0.3) is 0 Å². The van der Waals surface area contributed by atoms with Crippen molar-refractivity contribution in [3.63, 3.8) is 0 Å². The minimum atomic E-state index is -1.08. The molecule has 5 heteroatoms. The summed E-state index contributed by atoms with van der Waals surface area (Å²) in [5.41, 5.74) is -0.345. The average Bonchev–Trinajstić information content (AvgIpc) is 2.64. The van der Waals surface area contributed by atoms with E-state index in [2.05, 4.69) is 5.32 Å². The lowest BCUT2D eigenvalue weighted by molar-refractivity contribution is -0.135. The van der Waals surface area contributed by atoms with Crippen molar-refractivity contribution < 1.29 is 19.4 Å². The number of hydrogen-bond donors (Lipinski definition) is 2. The zero-order valence-electron chi connectivity index (χ0n) is 6.79. The molecule has 0 aromatic heterocycles. The van der Waals surface area contributed by atoms with E-state index >= 15 is 0 Å². The Balaban J connectivity index is 2.16. The zero-order chi connectivity index (χ0) is 9.19. The maximum atomic E-state index is 10.8. The van der Waals surface area contributed by atoms with Crippen LogP contribution in [0.15, 0.2) is 0 Å². The topological polar surface area (TPSA) is 75.6 Å². The first-order chi connectivity index (χ1) is 5.52. The van der Waals surface area contributed by atoms with Crippen molar-refractivity contribution in [2.45, 2.75) is 25.4 Å². The van der Waals surface area contributed by atoms with Crippen LogP contribution >= 0.6 is 0 Å². The maximum absolute atomic E-state index is 10.8. The average molecular weight is 173 g/mol. The summed E-state index contributed by atoms with van der Waals surface area (Å²) in [5, 5.41) is 10.3. The first-order valence-corrected chi connectivity index (χ1v) is 3.70. The highest BCUT2D eigenvalue weighted by Gasteiger charge is 2.41. The molecular formula is C7H11NO4. The van der Waals surface area contributed by atoms with Crippen LogP contribution in [0.2, 0.25) is 0 Å². The molecule has 0 aromatic rings. The minimum Gasteiger partial charge on any atom is -0.480 e. The summed E-state index contributed by atoms with van der Waals surface area (Å²) in [4.78, 5) is 20.8. The van der Waals surface area contributed by atoms with Crippen LogP contribution in [0, 0.1) is 0 Å². The van der Waals surface area contributed by atoms with Gasteiger partial charge in [-0.3, -0.25) is 4.79 Å². The summed E-state index contributed by atoms with van der Waals surface area (Å²) < 4.78 is 4.89. The van der Waals surface area contributed by atoms with E-state index in [1.165, 1.54) is 0 Å². The van der Waals surface area contributed by atoms with Gasteiger partial charge in [0.15, 0.2) is 0 Å². The van der Waals surface area contributed by atoms with Gasteiger partial charge >= 0.3 is 12.1 Å². The second-order valence-electron chi connectivity index (χ2n) is 3.09. The highest BCUT2D eigenvalue weighted by molar-refractivity contribution is 5.76. The molecular weight excluding hydrogens is 162 g/mol. The molecule has 0 spiro atoms. The Morgan fingerprint density at radius 2 is 2.17 bits per heavy atom. The van der Waals surface area contributed by atoms with Gasteiger partial charge in [-0.2, -0.15) is 0 Å². The summed E-state index contributed by atoms with van der Waals surface area (Å²) >= 11 is 0. The summed E-state index contributed by atoms with van der Waals surface area (Å²) in [6.07, 6.45) is 1.05. The Morgan fingerprint density at radius 1 is 1.58 bits per heavy atom. The predicted octanol–water partition coefficient (Wildman–Crippen LogP) is 0.350. The Morgan fingerprint density at radius 3 is 2.58 bits per heavy atom. The standard InChI is InChI=1S/C7H11NO4/c1-7(2-3-7)12-6(11)8-4-5(9)10/h2-4H2,1H3,(H,8,11)(H,9,10). The van der Waals surface area contributed by atoms with E-state index in [-0.39, 0.29) is 5.60 Å².